The maximum atomic E-state index is 13.1. The quantitative estimate of drug-likeness (QED) is 0.411. The first-order chi connectivity index (χ1) is 15.1. The third-order valence-electron chi connectivity index (χ3n) is 4.40. The summed E-state index contributed by atoms with van der Waals surface area (Å²) in [6, 6.07) is 19.7. The van der Waals surface area contributed by atoms with Crippen LogP contribution in [0.15, 0.2) is 90.0 Å². The molecule has 0 bridgehead atoms. The molecule has 0 fully saturated rings. The number of ether oxygens (including phenoxy) is 1. The van der Waals surface area contributed by atoms with Gasteiger partial charge in [0.2, 0.25) is 5.82 Å². The number of rotatable bonds is 7. The van der Waals surface area contributed by atoms with Gasteiger partial charge in [0, 0.05) is 22.4 Å². The molecule has 6 nitrogen and oxygen atoms in total. The first-order valence-corrected chi connectivity index (χ1v) is 9.47. The Kier molecular flexibility index (Phi) is 5.84. The summed E-state index contributed by atoms with van der Waals surface area (Å²) < 4.78 is 23.8. The largest absolute Gasteiger partial charge is 0.490 e. The molecule has 0 aliphatic carbocycles. The minimum atomic E-state index is -0.331. The topological polar surface area (TPSA) is 77.2 Å². The minimum Gasteiger partial charge on any atom is -0.490 e. The summed E-state index contributed by atoms with van der Waals surface area (Å²) in [6.07, 6.45) is 1.65. The molecule has 0 aliphatic heterocycles. The zero-order valence-electron chi connectivity index (χ0n) is 16.4. The number of carbonyl (C=O) groups excluding carboxylic acids is 1. The van der Waals surface area contributed by atoms with Crippen molar-refractivity contribution in [2.24, 2.45) is 0 Å². The Bertz CT molecular complexity index is 1180. The van der Waals surface area contributed by atoms with Gasteiger partial charge in [0.15, 0.2) is 0 Å². The highest BCUT2D eigenvalue weighted by atomic mass is 19.1. The first kappa shape index (κ1) is 20.0. The second-order valence-corrected chi connectivity index (χ2v) is 6.59. The standard InChI is InChI=1S/C24H18FN3O3/c1-2-15-30-21-13-7-17(8-14-21)23(29)26-20-11-5-18(6-12-20)24-27-22(28-31-24)16-3-9-19(25)10-4-16/h2-14H,1,15H2,(H,26,29). The van der Waals surface area contributed by atoms with Crippen LogP contribution in [0.4, 0.5) is 10.1 Å². The van der Waals surface area contributed by atoms with Crippen LogP contribution in [0.3, 0.4) is 0 Å². The molecule has 1 amide bonds. The van der Waals surface area contributed by atoms with Gasteiger partial charge >= 0.3 is 0 Å². The molecule has 7 heteroatoms. The number of nitrogens with zero attached hydrogens (tertiary/aromatic N) is 2. The summed E-state index contributed by atoms with van der Waals surface area (Å²) >= 11 is 0. The van der Waals surface area contributed by atoms with E-state index in [0.717, 1.165) is 0 Å². The van der Waals surface area contributed by atoms with Gasteiger partial charge in [0.05, 0.1) is 0 Å². The van der Waals surface area contributed by atoms with E-state index in [1.807, 2.05) is 0 Å². The van der Waals surface area contributed by atoms with Crippen molar-refractivity contribution < 1.29 is 18.4 Å². The van der Waals surface area contributed by atoms with Crippen molar-refractivity contribution in [3.05, 3.63) is 96.8 Å². The van der Waals surface area contributed by atoms with E-state index in [1.165, 1.54) is 12.1 Å². The van der Waals surface area contributed by atoms with Crippen molar-refractivity contribution in [1.82, 2.24) is 10.1 Å². The van der Waals surface area contributed by atoms with Crippen LogP contribution >= 0.6 is 0 Å². The average molecular weight is 415 g/mol. The van der Waals surface area contributed by atoms with Crippen LogP contribution in [-0.2, 0) is 0 Å². The predicted octanol–water partition coefficient (Wildman–Crippen LogP) is 5.36. The van der Waals surface area contributed by atoms with Crippen molar-refractivity contribution in [2.45, 2.75) is 0 Å². The number of nitrogens with one attached hydrogen (secondary N) is 1. The van der Waals surface area contributed by atoms with Gasteiger partial charge in [-0.2, -0.15) is 4.98 Å². The van der Waals surface area contributed by atoms with Gasteiger partial charge in [-0.15, -0.1) is 0 Å². The molecule has 0 saturated carbocycles. The van der Waals surface area contributed by atoms with E-state index in [1.54, 1.807) is 66.7 Å². The summed E-state index contributed by atoms with van der Waals surface area (Å²) in [5, 5.41) is 6.77. The van der Waals surface area contributed by atoms with Crippen LogP contribution in [0.2, 0.25) is 0 Å². The SMILES string of the molecule is C=CCOc1ccc(C(=O)Nc2ccc(-c3nc(-c4ccc(F)cc4)no3)cc2)cc1. The second kappa shape index (κ2) is 9.04. The second-order valence-electron chi connectivity index (χ2n) is 6.59. The van der Waals surface area contributed by atoms with E-state index in [0.29, 0.717) is 46.4 Å². The molecule has 1 aromatic heterocycles. The fraction of sp³-hybridized carbons (Fsp3) is 0.0417. The number of benzene rings is 3. The summed E-state index contributed by atoms with van der Waals surface area (Å²) in [7, 11) is 0. The van der Waals surface area contributed by atoms with Crippen molar-refractivity contribution >= 4 is 11.6 Å². The highest BCUT2D eigenvalue weighted by Crippen LogP contribution is 2.24. The van der Waals surface area contributed by atoms with Crippen LogP contribution in [0, 0.1) is 5.82 Å². The molecule has 1 N–H and O–H groups in total. The summed E-state index contributed by atoms with van der Waals surface area (Å²) in [4.78, 5) is 16.8. The number of anilines is 1. The van der Waals surface area contributed by atoms with Gasteiger partial charge in [-0.25, -0.2) is 4.39 Å². The highest BCUT2D eigenvalue weighted by molar-refractivity contribution is 6.04. The van der Waals surface area contributed by atoms with Gasteiger partial charge in [-0.05, 0) is 72.8 Å². The maximum absolute atomic E-state index is 13.1. The lowest BCUT2D eigenvalue weighted by Crippen LogP contribution is -2.11. The molecule has 0 spiro atoms. The first-order valence-electron chi connectivity index (χ1n) is 9.47. The fourth-order valence-electron chi connectivity index (χ4n) is 2.81. The number of hydrogen-bond acceptors (Lipinski definition) is 5. The van der Waals surface area contributed by atoms with Gasteiger partial charge in [0.1, 0.15) is 18.2 Å². The van der Waals surface area contributed by atoms with Crippen molar-refractivity contribution in [3.8, 4) is 28.6 Å². The number of halogens is 1. The molecule has 31 heavy (non-hydrogen) atoms. The molecule has 154 valence electrons. The maximum Gasteiger partial charge on any atom is 0.258 e. The lowest BCUT2D eigenvalue weighted by Gasteiger charge is -2.07. The van der Waals surface area contributed by atoms with E-state index in [-0.39, 0.29) is 11.7 Å². The Hall–Kier alpha value is -4.26. The molecule has 0 aliphatic rings. The Morgan fingerprint density at radius 3 is 2.35 bits per heavy atom. The van der Waals surface area contributed by atoms with Crippen LogP contribution in [-0.4, -0.2) is 22.7 Å². The van der Waals surface area contributed by atoms with Crippen molar-refractivity contribution in [3.63, 3.8) is 0 Å². The molecular weight excluding hydrogens is 397 g/mol. The average Bonchev–Trinajstić information content (AvgIpc) is 3.29. The molecule has 0 saturated heterocycles. The van der Waals surface area contributed by atoms with Crippen LogP contribution < -0.4 is 10.1 Å². The Balaban J connectivity index is 1.42. The number of carbonyl (C=O) groups is 1. The Morgan fingerprint density at radius 1 is 1.00 bits per heavy atom. The van der Waals surface area contributed by atoms with Crippen molar-refractivity contribution in [2.75, 3.05) is 11.9 Å². The predicted molar refractivity (Wildman–Crippen MR) is 115 cm³/mol. The zero-order valence-corrected chi connectivity index (χ0v) is 16.4. The molecule has 1 heterocycles. The molecule has 4 rings (SSSR count). The fourth-order valence-corrected chi connectivity index (χ4v) is 2.81. The number of amides is 1. The Morgan fingerprint density at radius 2 is 1.68 bits per heavy atom. The molecule has 3 aromatic carbocycles. The van der Waals surface area contributed by atoms with Crippen molar-refractivity contribution in [1.29, 1.82) is 0 Å². The normalized spacial score (nSPS) is 10.5. The molecule has 0 radical (unpaired) electrons. The third-order valence-corrected chi connectivity index (χ3v) is 4.40. The lowest BCUT2D eigenvalue weighted by molar-refractivity contribution is 0.102. The van der Waals surface area contributed by atoms with Gasteiger partial charge in [0.25, 0.3) is 11.8 Å². The number of aromatic nitrogens is 2. The van der Waals surface area contributed by atoms with Crippen LogP contribution in [0.5, 0.6) is 5.75 Å². The molecule has 0 unspecified atom stereocenters. The van der Waals surface area contributed by atoms with E-state index < -0.39 is 0 Å². The highest BCUT2D eigenvalue weighted by Gasteiger charge is 2.12. The lowest BCUT2D eigenvalue weighted by atomic mass is 10.1. The minimum absolute atomic E-state index is 0.237. The molecule has 0 atom stereocenters. The van der Waals surface area contributed by atoms with E-state index >= 15 is 0 Å². The smallest absolute Gasteiger partial charge is 0.258 e. The summed E-state index contributed by atoms with van der Waals surface area (Å²) in [5.41, 5.74) is 2.48. The van der Waals surface area contributed by atoms with Crippen LogP contribution in [0.25, 0.3) is 22.8 Å². The van der Waals surface area contributed by atoms with E-state index in [4.69, 9.17) is 9.26 Å². The van der Waals surface area contributed by atoms with Gasteiger partial charge in [-0.3, -0.25) is 4.79 Å². The van der Waals surface area contributed by atoms with Gasteiger partial charge in [-0.1, -0.05) is 17.8 Å². The van der Waals surface area contributed by atoms with E-state index in [2.05, 4.69) is 22.0 Å². The van der Waals surface area contributed by atoms with Gasteiger partial charge < -0.3 is 14.6 Å². The Labute approximate surface area is 178 Å². The summed E-state index contributed by atoms with van der Waals surface area (Å²) in [6.45, 7) is 4.00. The van der Waals surface area contributed by atoms with E-state index in [9.17, 15) is 9.18 Å². The monoisotopic (exact) mass is 415 g/mol. The third kappa shape index (κ3) is 4.84. The zero-order chi connectivity index (χ0) is 21.6. The van der Waals surface area contributed by atoms with Crippen LogP contribution in [0.1, 0.15) is 10.4 Å². The number of hydrogen-bond donors (Lipinski definition) is 1. The molecular formula is C24H18FN3O3. The molecule has 4 aromatic rings. The summed E-state index contributed by atoms with van der Waals surface area (Å²) in [5.74, 6) is 0.794.